The Bertz CT molecular complexity index is 721. The van der Waals surface area contributed by atoms with Gasteiger partial charge >= 0.3 is 0 Å². The lowest BCUT2D eigenvalue weighted by Gasteiger charge is -2.17. The quantitative estimate of drug-likeness (QED) is 0.822. The molecule has 4 nitrogen and oxygen atoms in total. The second kappa shape index (κ2) is 7.09. The van der Waals surface area contributed by atoms with Crippen LogP contribution in [0.5, 0.6) is 0 Å². The third kappa shape index (κ3) is 4.19. The zero-order valence-corrected chi connectivity index (χ0v) is 13.9. The molecule has 0 aliphatic carbocycles. The van der Waals surface area contributed by atoms with Crippen molar-refractivity contribution in [3.63, 3.8) is 0 Å². The van der Waals surface area contributed by atoms with E-state index in [1.807, 2.05) is 39.0 Å². The maximum atomic E-state index is 12.5. The number of ketones is 1. The van der Waals surface area contributed by atoms with E-state index in [1.54, 1.807) is 24.3 Å². The van der Waals surface area contributed by atoms with Crippen molar-refractivity contribution in [2.24, 2.45) is 0 Å². The van der Waals surface area contributed by atoms with Gasteiger partial charge < -0.3 is 10.6 Å². The van der Waals surface area contributed by atoms with Gasteiger partial charge in [0.1, 0.15) is 0 Å². The Hall–Kier alpha value is -2.62. The average molecular weight is 310 g/mol. The van der Waals surface area contributed by atoms with Crippen molar-refractivity contribution >= 4 is 23.1 Å². The van der Waals surface area contributed by atoms with Gasteiger partial charge in [-0.2, -0.15) is 0 Å². The zero-order chi connectivity index (χ0) is 17.0. The molecule has 2 aromatic rings. The Morgan fingerprint density at radius 2 is 1.65 bits per heavy atom. The fourth-order valence-corrected chi connectivity index (χ4v) is 2.38. The minimum absolute atomic E-state index is 0.0141. The fraction of sp³-hybridized carbons (Fsp3) is 0.263. The Labute approximate surface area is 136 Å². The highest BCUT2D eigenvalue weighted by Gasteiger charge is 2.16. The molecule has 23 heavy (non-hydrogen) atoms. The number of Topliss-reactive ketones (excluding diaryl/α,β-unsaturated/α-hetero) is 1. The molecule has 0 aromatic heterocycles. The summed E-state index contributed by atoms with van der Waals surface area (Å²) in [7, 11) is 0. The smallest absolute Gasteiger partial charge is 0.221 e. The molecule has 0 radical (unpaired) electrons. The lowest BCUT2D eigenvalue weighted by Crippen LogP contribution is -2.26. The van der Waals surface area contributed by atoms with Gasteiger partial charge in [-0.3, -0.25) is 9.59 Å². The second-order valence-corrected chi connectivity index (χ2v) is 5.74. The number of hydrogen-bond acceptors (Lipinski definition) is 3. The largest absolute Gasteiger partial charge is 0.375 e. The van der Waals surface area contributed by atoms with E-state index in [0.717, 1.165) is 11.3 Å². The van der Waals surface area contributed by atoms with Crippen LogP contribution in [0.4, 0.5) is 11.4 Å². The Morgan fingerprint density at radius 3 is 2.26 bits per heavy atom. The summed E-state index contributed by atoms with van der Waals surface area (Å²) in [5.41, 5.74) is 4.61. The third-order valence-electron chi connectivity index (χ3n) is 3.86. The molecule has 4 heteroatoms. The molecule has 0 spiro atoms. The molecular weight excluding hydrogens is 288 g/mol. The van der Waals surface area contributed by atoms with Gasteiger partial charge in [-0.25, -0.2) is 0 Å². The Morgan fingerprint density at radius 1 is 1.00 bits per heavy atom. The van der Waals surface area contributed by atoms with Crippen LogP contribution in [0.2, 0.25) is 0 Å². The molecule has 0 saturated carbocycles. The number of amides is 1. The molecule has 1 atom stereocenters. The standard InChI is InChI=1S/C19H22N2O2/c1-12-6-5-7-18(13(12)2)20-14(3)19(23)16-8-10-17(11-9-16)21-15(4)22/h5-11,14,20H,1-4H3,(H,21,22). The van der Waals surface area contributed by atoms with Crippen molar-refractivity contribution in [3.05, 3.63) is 59.2 Å². The van der Waals surface area contributed by atoms with Gasteiger partial charge in [-0.1, -0.05) is 12.1 Å². The van der Waals surface area contributed by atoms with Crippen molar-refractivity contribution in [2.75, 3.05) is 10.6 Å². The molecule has 0 fully saturated rings. The maximum absolute atomic E-state index is 12.5. The van der Waals surface area contributed by atoms with Crippen LogP contribution in [0.15, 0.2) is 42.5 Å². The van der Waals surface area contributed by atoms with E-state index in [0.29, 0.717) is 11.3 Å². The number of carbonyl (C=O) groups is 2. The van der Waals surface area contributed by atoms with Crippen LogP contribution < -0.4 is 10.6 Å². The molecule has 0 aliphatic heterocycles. The third-order valence-corrected chi connectivity index (χ3v) is 3.86. The first-order valence-electron chi connectivity index (χ1n) is 7.63. The molecule has 1 unspecified atom stereocenters. The van der Waals surface area contributed by atoms with E-state index in [1.165, 1.54) is 12.5 Å². The summed E-state index contributed by atoms with van der Waals surface area (Å²) in [6.07, 6.45) is 0. The van der Waals surface area contributed by atoms with E-state index in [-0.39, 0.29) is 17.7 Å². The van der Waals surface area contributed by atoms with E-state index in [9.17, 15) is 9.59 Å². The number of nitrogens with one attached hydrogen (secondary N) is 2. The minimum Gasteiger partial charge on any atom is -0.375 e. The van der Waals surface area contributed by atoms with Crippen LogP contribution in [0.3, 0.4) is 0 Å². The number of rotatable bonds is 5. The lowest BCUT2D eigenvalue weighted by atomic mass is 10.0. The first kappa shape index (κ1) is 16.7. The van der Waals surface area contributed by atoms with Crippen molar-refractivity contribution in [1.29, 1.82) is 0 Å². The molecule has 0 heterocycles. The van der Waals surface area contributed by atoms with Gasteiger partial charge in [-0.15, -0.1) is 0 Å². The highest BCUT2D eigenvalue weighted by atomic mass is 16.1. The SMILES string of the molecule is CC(=O)Nc1ccc(C(=O)C(C)Nc2cccc(C)c2C)cc1. The monoisotopic (exact) mass is 310 g/mol. The van der Waals surface area contributed by atoms with Crippen molar-refractivity contribution < 1.29 is 9.59 Å². The minimum atomic E-state index is -0.331. The normalized spacial score (nSPS) is 11.7. The van der Waals surface area contributed by atoms with Gasteiger partial charge in [0, 0.05) is 23.9 Å². The van der Waals surface area contributed by atoms with Gasteiger partial charge in [0.15, 0.2) is 5.78 Å². The van der Waals surface area contributed by atoms with Gasteiger partial charge in [0.05, 0.1) is 6.04 Å². The van der Waals surface area contributed by atoms with Gasteiger partial charge in [0.25, 0.3) is 0 Å². The van der Waals surface area contributed by atoms with Crippen LogP contribution in [0.25, 0.3) is 0 Å². The number of anilines is 2. The van der Waals surface area contributed by atoms with Crippen molar-refractivity contribution in [2.45, 2.75) is 33.7 Å². The molecule has 120 valence electrons. The predicted octanol–water partition coefficient (Wildman–Crippen LogP) is 3.95. The highest BCUT2D eigenvalue weighted by Crippen LogP contribution is 2.20. The number of hydrogen-bond donors (Lipinski definition) is 2. The lowest BCUT2D eigenvalue weighted by molar-refractivity contribution is -0.114. The summed E-state index contributed by atoms with van der Waals surface area (Å²) >= 11 is 0. The molecule has 2 aromatic carbocycles. The number of carbonyl (C=O) groups excluding carboxylic acids is 2. The van der Waals surface area contributed by atoms with E-state index >= 15 is 0 Å². The summed E-state index contributed by atoms with van der Waals surface area (Å²) in [6.45, 7) is 7.39. The van der Waals surface area contributed by atoms with Crippen LogP contribution >= 0.6 is 0 Å². The Balaban J connectivity index is 2.10. The summed E-state index contributed by atoms with van der Waals surface area (Å²) in [5, 5.41) is 5.96. The fourth-order valence-electron chi connectivity index (χ4n) is 2.38. The van der Waals surface area contributed by atoms with E-state index < -0.39 is 0 Å². The predicted molar refractivity (Wildman–Crippen MR) is 94.1 cm³/mol. The molecule has 1 amide bonds. The van der Waals surface area contributed by atoms with Crippen molar-refractivity contribution in [1.82, 2.24) is 0 Å². The van der Waals surface area contributed by atoms with Gasteiger partial charge in [0.2, 0.25) is 5.91 Å². The molecule has 0 aliphatic rings. The van der Waals surface area contributed by atoms with Gasteiger partial charge in [-0.05, 0) is 62.2 Å². The first-order chi connectivity index (χ1) is 10.9. The first-order valence-corrected chi connectivity index (χ1v) is 7.63. The molecule has 2 rings (SSSR count). The summed E-state index contributed by atoms with van der Waals surface area (Å²) in [4.78, 5) is 23.5. The van der Waals surface area contributed by atoms with Crippen LogP contribution in [0, 0.1) is 13.8 Å². The average Bonchev–Trinajstić information content (AvgIpc) is 2.51. The summed E-state index contributed by atoms with van der Waals surface area (Å²) in [6, 6.07) is 12.6. The van der Waals surface area contributed by atoms with Crippen LogP contribution in [-0.4, -0.2) is 17.7 Å². The summed E-state index contributed by atoms with van der Waals surface area (Å²) in [5.74, 6) is -0.116. The topological polar surface area (TPSA) is 58.2 Å². The Kier molecular flexibility index (Phi) is 5.16. The second-order valence-electron chi connectivity index (χ2n) is 5.74. The van der Waals surface area contributed by atoms with Crippen LogP contribution in [-0.2, 0) is 4.79 Å². The highest BCUT2D eigenvalue weighted by molar-refractivity contribution is 6.02. The molecule has 2 N–H and O–H groups in total. The van der Waals surface area contributed by atoms with Crippen molar-refractivity contribution in [3.8, 4) is 0 Å². The maximum Gasteiger partial charge on any atom is 0.221 e. The molecular formula is C19H22N2O2. The van der Waals surface area contributed by atoms with E-state index in [2.05, 4.69) is 10.6 Å². The van der Waals surface area contributed by atoms with Crippen LogP contribution in [0.1, 0.15) is 35.3 Å². The number of aryl methyl sites for hydroxylation is 1. The van der Waals surface area contributed by atoms with E-state index in [4.69, 9.17) is 0 Å². The summed E-state index contributed by atoms with van der Waals surface area (Å²) < 4.78 is 0. The molecule has 0 bridgehead atoms. The molecule has 0 saturated heterocycles. The zero-order valence-electron chi connectivity index (χ0n) is 13.9. The number of benzene rings is 2.